The molecule has 2 unspecified atom stereocenters. The van der Waals surface area contributed by atoms with Gasteiger partial charge in [-0.05, 0) is 57.0 Å². The summed E-state index contributed by atoms with van der Waals surface area (Å²) in [7, 11) is 3.86. The van der Waals surface area contributed by atoms with Crippen molar-refractivity contribution in [1.82, 2.24) is 10.2 Å². The molecule has 22 heavy (non-hydrogen) atoms. The Morgan fingerprint density at radius 1 is 1.23 bits per heavy atom. The molecule has 1 aromatic rings. The number of rotatable bonds is 5. The molecule has 0 radical (unpaired) electrons. The molecule has 1 N–H and O–H groups in total. The highest BCUT2D eigenvalue weighted by Crippen LogP contribution is 2.34. The van der Waals surface area contributed by atoms with Crippen molar-refractivity contribution in [2.24, 2.45) is 0 Å². The van der Waals surface area contributed by atoms with E-state index in [4.69, 9.17) is 4.74 Å². The lowest BCUT2D eigenvalue weighted by Gasteiger charge is -2.36. The van der Waals surface area contributed by atoms with Gasteiger partial charge in [-0.25, -0.2) is 0 Å². The second-order valence-corrected chi connectivity index (χ2v) is 6.31. The number of ketones is 1. The molecule has 118 valence electrons. The summed E-state index contributed by atoms with van der Waals surface area (Å²) in [6.07, 6.45) is 8.42. The van der Waals surface area contributed by atoms with Crippen LogP contribution >= 0.6 is 0 Å². The molecule has 2 aliphatic heterocycles. The van der Waals surface area contributed by atoms with Gasteiger partial charge in [0.15, 0.2) is 5.78 Å². The van der Waals surface area contributed by atoms with E-state index >= 15 is 0 Å². The van der Waals surface area contributed by atoms with Crippen LogP contribution in [-0.2, 0) is 0 Å². The Balaban J connectivity index is 1.52. The van der Waals surface area contributed by atoms with Crippen molar-refractivity contribution >= 4 is 5.78 Å². The number of methoxy groups -OCH3 is 1. The number of fused-ring (bicyclic) bond motifs is 2. The molecule has 0 aromatic heterocycles. The monoisotopic (exact) mass is 300 g/mol. The molecule has 1 aromatic carbocycles. The molecule has 4 heteroatoms. The minimum atomic E-state index is 0.0195. The maximum absolute atomic E-state index is 12.1. The molecular formula is C18H24N2O2. The summed E-state index contributed by atoms with van der Waals surface area (Å²) in [4.78, 5) is 14.6. The number of allylic oxidation sites excluding steroid dienone is 1. The highest BCUT2D eigenvalue weighted by atomic mass is 16.5. The SMILES string of the molecule is COc1ccc(C(=O)C=CNC2CC3CCC(C2)N3C)cc1. The summed E-state index contributed by atoms with van der Waals surface area (Å²) in [6, 6.07) is 9.12. The predicted molar refractivity (Wildman–Crippen MR) is 87.2 cm³/mol. The lowest BCUT2D eigenvalue weighted by atomic mass is 9.98. The molecule has 0 amide bonds. The maximum Gasteiger partial charge on any atom is 0.187 e. The average Bonchev–Trinajstić information content (AvgIpc) is 2.76. The summed E-state index contributed by atoms with van der Waals surface area (Å²) in [5, 5.41) is 3.41. The molecule has 4 nitrogen and oxygen atoms in total. The van der Waals surface area contributed by atoms with Crippen LogP contribution in [0.5, 0.6) is 5.75 Å². The quantitative estimate of drug-likeness (QED) is 0.670. The second-order valence-electron chi connectivity index (χ2n) is 6.31. The summed E-state index contributed by atoms with van der Waals surface area (Å²) in [5.41, 5.74) is 0.683. The van der Waals surface area contributed by atoms with E-state index in [1.807, 2.05) is 18.3 Å². The van der Waals surface area contributed by atoms with E-state index < -0.39 is 0 Å². The summed E-state index contributed by atoms with van der Waals surface area (Å²) in [6.45, 7) is 0. The van der Waals surface area contributed by atoms with Crippen molar-refractivity contribution in [3.63, 3.8) is 0 Å². The number of piperidine rings is 1. The van der Waals surface area contributed by atoms with Crippen LogP contribution in [0.2, 0.25) is 0 Å². The highest BCUT2D eigenvalue weighted by molar-refractivity contribution is 6.04. The van der Waals surface area contributed by atoms with E-state index in [0.717, 1.165) is 5.75 Å². The van der Waals surface area contributed by atoms with Gasteiger partial charge in [0.25, 0.3) is 0 Å². The summed E-state index contributed by atoms with van der Waals surface area (Å²) < 4.78 is 5.10. The van der Waals surface area contributed by atoms with Gasteiger partial charge in [-0.2, -0.15) is 0 Å². The standard InChI is InChI=1S/C18H24N2O2/c1-20-15-5-6-16(20)12-14(11-15)19-10-9-18(21)13-3-7-17(22-2)8-4-13/h3-4,7-10,14-16,19H,5-6,11-12H2,1-2H3. The molecule has 2 saturated heterocycles. The second kappa shape index (κ2) is 6.53. The Morgan fingerprint density at radius 2 is 1.86 bits per heavy atom. The fourth-order valence-electron chi connectivity index (χ4n) is 3.66. The first-order valence-electron chi connectivity index (χ1n) is 8.00. The number of nitrogens with one attached hydrogen (secondary N) is 1. The molecule has 2 atom stereocenters. The highest BCUT2D eigenvalue weighted by Gasteiger charge is 2.37. The third kappa shape index (κ3) is 3.17. The lowest BCUT2D eigenvalue weighted by molar-refractivity contribution is 0.104. The Bertz CT molecular complexity index is 539. The number of ether oxygens (including phenoxy) is 1. The number of carbonyl (C=O) groups excluding carboxylic acids is 1. The minimum Gasteiger partial charge on any atom is -0.497 e. The summed E-state index contributed by atoms with van der Waals surface area (Å²) >= 11 is 0. The van der Waals surface area contributed by atoms with Crippen molar-refractivity contribution < 1.29 is 9.53 Å². The first-order valence-corrected chi connectivity index (χ1v) is 8.00. The number of nitrogens with zero attached hydrogens (tertiary/aromatic N) is 1. The van der Waals surface area contributed by atoms with Gasteiger partial charge in [-0.3, -0.25) is 4.79 Å². The van der Waals surface area contributed by atoms with E-state index in [2.05, 4.69) is 17.3 Å². The normalized spacial score (nSPS) is 28.0. The van der Waals surface area contributed by atoms with Crippen molar-refractivity contribution in [3.8, 4) is 5.75 Å². The minimum absolute atomic E-state index is 0.0195. The van der Waals surface area contributed by atoms with Gasteiger partial charge in [0.05, 0.1) is 7.11 Å². The molecule has 3 rings (SSSR count). The molecular weight excluding hydrogens is 276 g/mol. The molecule has 0 aliphatic carbocycles. The molecule has 0 saturated carbocycles. The predicted octanol–water partition coefficient (Wildman–Crippen LogP) is 2.61. The average molecular weight is 300 g/mol. The Labute approximate surface area is 132 Å². The molecule has 0 spiro atoms. The van der Waals surface area contributed by atoms with E-state index in [1.54, 1.807) is 25.3 Å². The third-order valence-electron chi connectivity index (χ3n) is 5.04. The number of carbonyl (C=O) groups is 1. The van der Waals surface area contributed by atoms with Gasteiger partial charge in [0.2, 0.25) is 0 Å². The van der Waals surface area contributed by atoms with E-state index in [9.17, 15) is 4.79 Å². The van der Waals surface area contributed by atoms with Crippen molar-refractivity contribution in [3.05, 3.63) is 42.1 Å². The number of benzene rings is 1. The molecule has 2 fully saturated rings. The van der Waals surface area contributed by atoms with Gasteiger partial charge in [-0.15, -0.1) is 0 Å². The maximum atomic E-state index is 12.1. The lowest BCUT2D eigenvalue weighted by Crippen LogP contribution is -2.45. The Hall–Kier alpha value is -1.81. The van der Waals surface area contributed by atoms with Gasteiger partial charge >= 0.3 is 0 Å². The fourth-order valence-corrected chi connectivity index (χ4v) is 3.66. The zero-order valence-corrected chi connectivity index (χ0v) is 13.3. The van der Waals surface area contributed by atoms with E-state index in [-0.39, 0.29) is 5.78 Å². The van der Waals surface area contributed by atoms with Crippen LogP contribution in [0, 0.1) is 0 Å². The Kier molecular flexibility index (Phi) is 4.48. The summed E-state index contributed by atoms with van der Waals surface area (Å²) in [5.74, 6) is 0.784. The topological polar surface area (TPSA) is 41.6 Å². The van der Waals surface area contributed by atoms with Gasteiger partial charge < -0.3 is 15.0 Å². The first kappa shape index (κ1) is 15.1. The van der Waals surface area contributed by atoms with Crippen LogP contribution in [0.3, 0.4) is 0 Å². The van der Waals surface area contributed by atoms with Crippen LogP contribution < -0.4 is 10.1 Å². The van der Waals surface area contributed by atoms with Crippen LogP contribution in [-0.4, -0.2) is 43.0 Å². The van der Waals surface area contributed by atoms with Crippen molar-refractivity contribution in [2.75, 3.05) is 14.2 Å². The van der Waals surface area contributed by atoms with E-state index in [0.29, 0.717) is 23.7 Å². The molecule has 2 bridgehead atoms. The smallest absolute Gasteiger partial charge is 0.187 e. The van der Waals surface area contributed by atoms with E-state index in [1.165, 1.54) is 25.7 Å². The van der Waals surface area contributed by atoms with Crippen molar-refractivity contribution in [2.45, 2.75) is 43.8 Å². The first-order chi connectivity index (χ1) is 10.7. The van der Waals surface area contributed by atoms with Gasteiger partial charge in [0, 0.05) is 36.0 Å². The van der Waals surface area contributed by atoms with Gasteiger partial charge in [0.1, 0.15) is 5.75 Å². The van der Waals surface area contributed by atoms with Crippen LogP contribution in [0.15, 0.2) is 36.5 Å². The molecule has 2 heterocycles. The van der Waals surface area contributed by atoms with Gasteiger partial charge in [-0.1, -0.05) is 0 Å². The largest absolute Gasteiger partial charge is 0.497 e. The van der Waals surface area contributed by atoms with Crippen LogP contribution in [0.1, 0.15) is 36.0 Å². The number of hydrogen-bond acceptors (Lipinski definition) is 4. The molecule has 2 aliphatic rings. The number of hydrogen-bond donors (Lipinski definition) is 1. The van der Waals surface area contributed by atoms with Crippen LogP contribution in [0.4, 0.5) is 0 Å². The Morgan fingerprint density at radius 3 is 2.45 bits per heavy atom. The third-order valence-corrected chi connectivity index (χ3v) is 5.04. The fraction of sp³-hybridized carbons (Fsp3) is 0.500. The zero-order chi connectivity index (χ0) is 15.5. The zero-order valence-electron chi connectivity index (χ0n) is 13.3. The van der Waals surface area contributed by atoms with Crippen LogP contribution in [0.25, 0.3) is 0 Å². The van der Waals surface area contributed by atoms with Crippen molar-refractivity contribution in [1.29, 1.82) is 0 Å².